The first kappa shape index (κ1) is 14.3. The van der Waals surface area contributed by atoms with Crippen LogP contribution in [0, 0.1) is 5.41 Å². The lowest BCUT2D eigenvalue weighted by Gasteiger charge is -2.39. The Morgan fingerprint density at radius 2 is 1.71 bits per heavy atom. The zero-order valence-electron chi connectivity index (χ0n) is 12.3. The van der Waals surface area contributed by atoms with Crippen LogP contribution in [0.2, 0.25) is 0 Å². The summed E-state index contributed by atoms with van der Waals surface area (Å²) in [6.45, 7) is 10.7. The van der Waals surface area contributed by atoms with Crippen LogP contribution in [0.15, 0.2) is 0 Å². The molecule has 0 spiro atoms. The van der Waals surface area contributed by atoms with Crippen LogP contribution in [0.25, 0.3) is 0 Å². The van der Waals surface area contributed by atoms with Crippen molar-refractivity contribution in [3.8, 4) is 0 Å². The highest BCUT2D eigenvalue weighted by Gasteiger charge is 2.31. The molecule has 1 aliphatic carbocycles. The first-order valence-corrected chi connectivity index (χ1v) is 6.66. The Labute approximate surface area is 106 Å². The van der Waals surface area contributed by atoms with Gasteiger partial charge in [0.25, 0.3) is 0 Å². The summed E-state index contributed by atoms with van der Waals surface area (Å²) in [6.07, 6.45) is 4.68. The number of amides is 2. The molecular weight excluding hydrogens is 212 g/mol. The van der Waals surface area contributed by atoms with Crippen LogP contribution < -0.4 is 5.32 Å². The zero-order valence-corrected chi connectivity index (χ0v) is 12.3. The predicted octanol–water partition coefficient (Wildman–Crippen LogP) is 3.40. The number of nitrogens with one attached hydrogen (secondary N) is 1. The summed E-state index contributed by atoms with van der Waals surface area (Å²) >= 11 is 0. The molecule has 1 saturated carbocycles. The SMILES string of the molecule is CN(C(=O)NC(C)(C)C)C1CCC(C)(C)CC1. The molecule has 0 bridgehead atoms. The van der Waals surface area contributed by atoms with Gasteiger partial charge in [-0.25, -0.2) is 4.79 Å². The Hall–Kier alpha value is -0.730. The Morgan fingerprint density at radius 1 is 1.24 bits per heavy atom. The van der Waals surface area contributed by atoms with Gasteiger partial charge in [-0.15, -0.1) is 0 Å². The van der Waals surface area contributed by atoms with E-state index in [2.05, 4.69) is 19.2 Å². The van der Waals surface area contributed by atoms with Crippen LogP contribution >= 0.6 is 0 Å². The van der Waals surface area contributed by atoms with E-state index in [1.807, 2.05) is 32.7 Å². The lowest BCUT2D eigenvalue weighted by molar-refractivity contribution is 0.131. The van der Waals surface area contributed by atoms with Gasteiger partial charge in [-0.2, -0.15) is 0 Å². The molecule has 3 nitrogen and oxygen atoms in total. The topological polar surface area (TPSA) is 32.3 Å². The number of rotatable bonds is 1. The van der Waals surface area contributed by atoms with Gasteiger partial charge in [0, 0.05) is 18.6 Å². The Balaban J connectivity index is 2.49. The summed E-state index contributed by atoms with van der Waals surface area (Å²) in [7, 11) is 1.92. The van der Waals surface area contributed by atoms with Crippen LogP contribution in [0.1, 0.15) is 60.3 Å². The van der Waals surface area contributed by atoms with Gasteiger partial charge in [-0.3, -0.25) is 0 Å². The van der Waals surface area contributed by atoms with Gasteiger partial charge >= 0.3 is 6.03 Å². The maximum Gasteiger partial charge on any atom is 0.317 e. The molecule has 1 N–H and O–H groups in total. The van der Waals surface area contributed by atoms with Gasteiger partial charge in [0.2, 0.25) is 0 Å². The van der Waals surface area contributed by atoms with E-state index in [-0.39, 0.29) is 11.6 Å². The van der Waals surface area contributed by atoms with Gasteiger partial charge in [0.15, 0.2) is 0 Å². The third-order valence-corrected chi connectivity index (χ3v) is 3.66. The minimum absolute atomic E-state index is 0.0576. The zero-order chi connectivity index (χ0) is 13.3. The van der Waals surface area contributed by atoms with Gasteiger partial charge in [0.05, 0.1) is 0 Å². The monoisotopic (exact) mass is 240 g/mol. The summed E-state index contributed by atoms with van der Waals surface area (Å²) in [5, 5.41) is 3.02. The number of hydrogen-bond donors (Lipinski definition) is 1. The van der Waals surface area contributed by atoms with Crippen molar-refractivity contribution in [2.24, 2.45) is 5.41 Å². The third-order valence-electron chi connectivity index (χ3n) is 3.66. The highest BCUT2D eigenvalue weighted by atomic mass is 16.2. The van der Waals surface area contributed by atoms with Crippen LogP contribution in [0.3, 0.4) is 0 Å². The van der Waals surface area contributed by atoms with Gasteiger partial charge < -0.3 is 10.2 Å². The Kier molecular flexibility index (Phi) is 4.11. The van der Waals surface area contributed by atoms with E-state index >= 15 is 0 Å². The number of nitrogens with zero attached hydrogens (tertiary/aromatic N) is 1. The fraction of sp³-hybridized carbons (Fsp3) is 0.929. The Morgan fingerprint density at radius 3 is 2.12 bits per heavy atom. The van der Waals surface area contributed by atoms with Gasteiger partial charge in [0.1, 0.15) is 0 Å². The fourth-order valence-electron chi connectivity index (χ4n) is 2.35. The van der Waals surface area contributed by atoms with E-state index in [0.29, 0.717) is 11.5 Å². The quantitative estimate of drug-likeness (QED) is 0.748. The van der Waals surface area contributed by atoms with Crippen molar-refractivity contribution in [1.29, 1.82) is 0 Å². The molecule has 3 heteroatoms. The molecule has 0 aromatic carbocycles. The normalized spacial score (nSPS) is 21.1. The molecule has 0 saturated heterocycles. The summed E-state index contributed by atoms with van der Waals surface area (Å²) in [5.41, 5.74) is 0.303. The second-order valence-corrected chi connectivity index (χ2v) is 7.19. The van der Waals surface area contributed by atoms with E-state index in [9.17, 15) is 4.79 Å². The molecule has 1 aliphatic rings. The highest BCUT2D eigenvalue weighted by molar-refractivity contribution is 5.75. The van der Waals surface area contributed by atoms with E-state index in [4.69, 9.17) is 0 Å². The summed E-state index contributed by atoms with van der Waals surface area (Å²) < 4.78 is 0. The molecule has 0 aromatic rings. The molecule has 0 heterocycles. The van der Waals surface area contributed by atoms with Crippen molar-refractivity contribution in [3.63, 3.8) is 0 Å². The fourth-order valence-corrected chi connectivity index (χ4v) is 2.35. The first-order chi connectivity index (χ1) is 7.61. The molecule has 0 aromatic heterocycles. The van der Waals surface area contributed by atoms with Crippen LogP contribution in [-0.4, -0.2) is 29.6 Å². The molecule has 0 atom stereocenters. The number of hydrogen-bond acceptors (Lipinski definition) is 1. The molecular formula is C14H28N2O. The number of urea groups is 1. The van der Waals surface area contributed by atoms with Crippen LogP contribution in [0.4, 0.5) is 4.79 Å². The Bertz CT molecular complexity index is 268. The summed E-state index contributed by atoms with van der Waals surface area (Å²) in [4.78, 5) is 13.9. The van der Waals surface area contributed by atoms with Crippen molar-refractivity contribution in [3.05, 3.63) is 0 Å². The van der Waals surface area contributed by atoms with Crippen molar-refractivity contribution < 1.29 is 4.79 Å². The van der Waals surface area contributed by atoms with E-state index in [1.165, 1.54) is 12.8 Å². The molecule has 2 amide bonds. The standard InChI is InChI=1S/C14H28N2O/c1-13(2,3)15-12(17)16(6)11-7-9-14(4,5)10-8-11/h11H,7-10H2,1-6H3,(H,15,17). The highest BCUT2D eigenvalue weighted by Crippen LogP contribution is 2.36. The molecule has 0 radical (unpaired) electrons. The summed E-state index contributed by atoms with van der Waals surface area (Å²) in [5.74, 6) is 0. The molecule has 0 aliphatic heterocycles. The third kappa shape index (κ3) is 4.57. The lowest BCUT2D eigenvalue weighted by atomic mass is 9.75. The van der Waals surface area contributed by atoms with Gasteiger partial charge in [-0.05, 0) is 51.9 Å². The van der Waals surface area contributed by atoms with Crippen molar-refractivity contribution in [1.82, 2.24) is 10.2 Å². The predicted molar refractivity (Wildman–Crippen MR) is 72.1 cm³/mol. The smallest absolute Gasteiger partial charge is 0.317 e. The second kappa shape index (κ2) is 4.87. The second-order valence-electron chi connectivity index (χ2n) is 7.19. The summed E-state index contributed by atoms with van der Waals surface area (Å²) in [6, 6.07) is 0.465. The lowest BCUT2D eigenvalue weighted by Crippen LogP contribution is -2.51. The maximum atomic E-state index is 12.0. The molecule has 1 rings (SSSR count). The molecule has 0 unspecified atom stereocenters. The van der Waals surface area contributed by atoms with E-state index < -0.39 is 0 Å². The number of carbonyl (C=O) groups excluding carboxylic acids is 1. The van der Waals surface area contributed by atoms with Crippen molar-refractivity contribution >= 4 is 6.03 Å². The largest absolute Gasteiger partial charge is 0.333 e. The van der Waals surface area contributed by atoms with Gasteiger partial charge in [-0.1, -0.05) is 13.8 Å². The minimum Gasteiger partial charge on any atom is -0.333 e. The van der Waals surface area contributed by atoms with Crippen LogP contribution in [-0.2, 0) is 0 Å². The van der Waals surface area contributed by atoms with Crippen LogP contribution in [0.5, 0.6) is 0 Å². The molecule has 1 fully saturated rings. The average molecular weight is 240 g/mol. The van der Waals surface area contributed by atoms with E-state index in [0.717, 1.165) is 12.8 Å². The minimum atomic E-state index is -0.153. The van der Waals surface area contributed by atoms with Crippen molar-refractivity contribution in [2.75, 3.05) is 7.05 Å². The van der Waals surface area contributed by atoms with E-state index in [1.54, 1.807) is 0 Å². The first-order valence-electron chi connectivity index (χ1n) is 6.66. The number of carbonyl (C=O) groups is 1. The molecule has 100 valence electrons. The molecule has 17 heavy (non-hydrogen) atoms. The van der Waals surface area contributed by atoms with Crippen molar-refractivity contribution in [2.45, 2.75) is 71.9 Å². The average Bonchev–Trinajstić information content (AvgIpc) is 2.14. The maximum absolute atomic E-state index is 12.0.